The van der Waals surface area contributed by atoms with Crippen molar-refractivity contribution in [3.63, 3.8) is 0 Å². The molecule has 18 heavy (non-hydrogen) atoms. The molecule has 1 aliphatic heterocycles. The van der Waals surface area contributed by atoms with E-state index < -0.39 is 0 Å². The van der Waals surface area contributed by atoms with Gasteiger partial charge >= 0.3 is 5.97 Å². The smallest absolute Gasteiger partial charge is 0.334 e. The molecule has 0 aromatic carbocycles. The Bertz CT molecular complexity index is 468. The van der Waals surface area contributed by atoms with Crippen molar-refractivity contribution >= 4 is 11.8 Å². The zero-order valence-corrected chi connectivity index (χ0v) is 10.9. The van der Waals surface area contributed by atoms with Gasteiger partial charge in [-0.15, -0.1) is 0 Å². The van der Waals surface area contributed by atoms with Crippen molar-refractivity contribution < 1.29 is 14.3 Å². The summed E-state index contributed by atoms with van der Waals surface area (Å²) in [7, 11) is 0. The third kappa shape index (κ3) is 2.45. The molecule has 0 unspecified atom stereocenters. The largest absolute Gasteiger partial charge is 0.454 e. The fourth-order valence-corrected chi connectivity index (χ4v) is 2.37. The summed E-state index contributed by atoms with van der Waals surface area (Å²) in [6, 6.07) is 0. The van der Waals surface area contributed by atoms with Crippen molar-refractivity contribution in [3.05, 3.63) is 35.5 Å². The van der Waals surface area contributed by atoms with Gasteiger partial charge in [0.2, 0.25) is 0 Å². The van der Waals surface area contributed by atoms with E-state index in [4.69, 9.17) is 4.74 Å². The van der Waals surface area contributed by atoms with Crippen molar-refractivity contribution in [1.29, 1.82) is 0 Å². The molecule has 0 amide bonds. The molecule has 1 heterocycles. The standard InChI is InChI=1S/C15H18O3/c1-9-4-6-12-11(3)15(17)18-14(12)8-10(2)13(16)7-5-9/h5,8,12,14H,3-4,6-7H2,1-2H3/b9-5-,10-8-/t12-,14-/m0/s1. The van der Waals surface area contributed by atoms with E-state index in [-0.39, 0.29) is 23.8 Å². The molecule has 0 N–H and O–H groups in total. The first kappa shape index (κ1) is 12.8. The van der Waals surface area contributed by atoms with Gasteiger partial charge in [-0.05, 0) is 38.3 Å². The Kier molecular flexibility index (Phi) is 3.50. The Morgan fingerprint density at radius 1 is 1.33 bits per heavy atom. The Labute approximate surface area is 107 Å². The van der Waals surface area contributed by atoms with Crippen LogP contribution >= 0.6 is 0 Å². The molecule has 2 atom stereocenters. The summed E-state index contributed by atoms with van der Waals surface area (Å²) in [6.07, 6.45) is 5.57. The first-order valence-corrected chi connectivity index (χ1v) is 6.26. The van der Waals surface area contributed by atoms with Gasteiger partial charge in [-0.3, -0.25) is 4.79 Å². The molecule has 3 nitrogen and oxygen atoms in total. The van der Waals surface area contributed by atoms with Crippen molar-refractivity contribution in [3.8, 4) is 0 Å². The predicted octanol–water partition coefficient (Wildman–Crippen LogP) is 2.73. The summed E-state index contributed by atoms with van der Waals surface area (Å²) in [6.45, 7) is 7.60. The average molecular weight is 246 g/mol. The van der Waals surface area contributed by atoms with E-state index in [1.165, 1.54) is 5.57 Å². The van der Waals surface area contributed by atoms with Gasteiger partial charge in [0, 0.05) is 17.9 Å². The van der Waals surface area contributed by atoms with Crippen LogP contribution in [0.15, 0.2) is 35.5 Å². The molecule has 0 bridgehead atoms. The van der Waals surface area contributed by atoms with Crippen molar-refractivity contribution in [1.82, 2.24) is 0 Å². The van der Waals surface area contributed by atoms with Gasteiger partial charge in [0.1, 0.15) is 6.10 Å². The van der Waals surface area contributed by atoms with Crippen molar-refractivity contribution in [2.24, 2.45) is 5.92 Å². The highest BCUT2D eigenvalue weighted by Crippen LogP contribution is 2.33. The van der Waals surface area contributed by atoms with E-state index in [9.17, 15) is 9.59 Å². The maximum absolute atomic E-state index is 11.9. The summed E-state index contributed by atoms with van der Waals surface area (Å²) in [5.41, 5.74) is 2.38. The van der Waals surface area contributed by atoms with Crippen molar-refractivity contribution in [2.75, 3.05) is 0 Å². The first-order chi connectivity index (χ1) is 8.49. The zero-order valence-electron chi connectivity index (χ0n) is 10.9. The molecule has 1 saturated heterocycles. The summed E-state index contributed by atoms with van der Waals surface area (Å²) < 4.78 is 5.28. The molecule has 0 saturated carbocycles. The molecule has 0 aromatic heterocycles. The van der Waals surface area contributed by atoms with Crippen LogP contribution in [0.4, 0.5) is 0 Å². The molecule has 2 aliphatic rings. The van der Waals surface area contributed by atoms with Crippen LogP contribution in [0.1, 0.15) is 33.1 Å². The Balaban J connectivity index is 2.32. The zero-order chi connectivity index (χ0) is 13.3. The Morgan fingerprint density at radius 3 is 2.78 bits per heavy atom. The van der Waals surface area contributed by atoms with E-state index in [1.54, 1.807) is 13.0 Å². The number of carbonyl (C=O) groups is 2. The lowest BCUT2D eigenvalue weighted by molar-refractivity contribution is -0.137. The van der Waals surface area contributed by atoms with Gasteiger partial charge in [0.15, 0.2) is 5.78 Å². The maximum Gasteiger partial charge on any atom is 0.334 e. The number of esters is 1. The highest BCUT2D eigenvalue weighted by molar-refractivity contribution is 5.96. The van der Waals surface area contributed by atoms with Crippen LogP contribution in [0, 0.1) is 5.92 Å². The maximum atomic E-state index is 11.9. The monoisotopic (exact) mass is 246 g/mol. The molecule has 0 aromatic rings. The lowest BCUT2D eigenvalue weighted by Gasteiger charge is -2.16. The fraction of sp³-hybridized carbons (Fsp3) is 0.467. The van der Waals surface area contributed by atoms with Gasteiger partial charge in [-0.1, -0.05) is 18.2 Å². The van der Waals surface area contributed by atoms with E-state index in [1.807, 2.05) is 13.0 Å². The fourth-order valence-electron chi connectivity index (χ4n) is 2.37. The molecular formula is C15H18O3. The molecule has 2 rings (SSSR count). The second kappa shape index (κ2) is 4.92. The highest BCUT2D eigenvalue weighted by atomic mass is 16.5. The molecule has 3 heteroatoms. The van der Waals surface area contributed by atoms with E-state index >= 15 is 0 Å². The summed E-state index contributed by atoms with van der Waals surface area (Å²) >= 11 is 0. The lowest BCUT2D eigenvalue weighted by Crippen LogP contribution is -2.16. The number of fused-ring (bicyclic) bond motifs is 1. The van der Waals surface area contributed by atoms with Crippen LogP contribution in [0.5, 0.6) is 0 Å². The van der Waals surface area contributed by atoms with Gasteiger partial charge in [-0.25, -0.2) is 4.79 Å². The molecule has 1 aliphatic carbocycles. The first-order valence-electron chi connectivity index (χ1n) is 6.26. The number of allylic oxidation sites excluding steroid dienone is 3. The van der Waals surface area contributed by atoms with E-state index in [0.29, 0.717) is 17.6 Å². The number of carbonyl (C=O) groups excluding carboxylic acids is 2. The minimum atomic E-state index is -0.331. The third-order valence-corrected chi connectivity index (χ3v) is 3.69. The van der Waals surface area contributed by atoms with Gasteiger partial charge in [-0.2, -0.15) is 0 Å². The quantitative estimate of drug-likeness (QED) is 0.375. The van der Waals surface area contributed by atoms with Gasteiger partial charge in [0.25, 0.3) is 0 Å². The van der Waals surface area contributed by atoms with E-state index in [0.717, 1.165) is 12.8 Å². The molecule has 1 fully saturated rings. The number of ether oxygens (including phenoxy) is 1. The minimum Gasteiger partial charge on any atom is -0.454 e. The number of hydrogen-bond donors (Lipinski definition) is 0. The minimum absolute atomic E-state index is 0.00157. The summed E-state index contributed by atoms with van der Waals surface area (Å²) in [5.74, 6) is -0.243. The topological polar surface area (TPSA) is 43.4 Å². The second-order valence-electron chi connectivity index (χ2n) is 5.07. The van der Waals surface area contributed by atoms with Crippen LogP contribution in [-0.4, -0.2) is 17.9 Å². The van der Waals surface area contributed by atoms with Crippen LogP contribution in [-0.2, 0) is 14.3 Å². The highest BCUT2D eigenvalue weighted by Gasteiger charge is 2.37. The number of rotatable bonds is 0. The number of ketones is 1. The average Bonchev–Trinajstić information content (AvgIpc) is 2.59. The Hall–Kier alpha value is -1.64. The van der Waals surface area contributed by atoms with Crippen LogP contribution in [0.2, 0.25) is 0 Å². The lowest BCUT2D eigenvalue weighted by atomic mass is 9.88. The number of hydrogen-bond acceptors (Lipinski definition) is 3. The predicted molar refractivity (Wildman–Crippen MR) is 68.9 cm³/mol. The number of Topliss-reactive ketones (excluding diaryl/α,β-unsaturated/α-hetero) is 1. The molecule has 96 valence electrons. The van der Waals surface area contributed by atoms with Gasteiger partial charge in [0.05, 0.1) is 0 Å². The third-order valence-electron chi connectivity index (χ3n) is 3.69. The molecule has 0 radical (unpaired) electrons. The van der Waals surface area contributed by atoms with Gasteiger partial charge < -0.3 is 4.74 Å². The Morgan fingerprint density at radius 2 is 2.06 bits per heavy atom. The van der Waals surface area contributed by atoms with Crippen LogP contribution in [0.3, 0.4) is 0 Å². The summed E-state index contributed by atoms with van der Waals surface area (Å²) in [5, 5.41) is 0. The second-order valence-corrected chi connectivity index (χ2v) is 5.07. The summed E-state index contributed by atoms with van der Waals surface area (Å²) in [4.78, 5) is 23.4. The molecule has 0 spiro atoms. The van der Waals surface area contributed by atoms with E-state index in [2.05, 4.69) is 6.58 Å². The normalized spacial score (nSPS) is 35.1. The molecular weight excluding hydrogens is 228 g/mol. The van der Waals surface area contributed by atoms with Crippen molar-refractivity contribution in [2.45, 2.75) is 39.2 Å². The van der Waals surface area contributed by atoms with Crippen LogP contribution in [0.25, 0.3) is 0 Å². The van der Waals surface area contributed by atoms with Crippen LogP contribution < -0.4 is 0 Å². The SMILES string of the molecule is C=C1C(=O)O[C@H]2/C=C(/C)C(=O)C/C=C(/C)CC[C@@H]12.